The molecule has 1 heterocycles. The number of phenols is 2. The van der Waals surface area contributed by atoms with Crippen LogP contribution in [0.4, 0.5) is 0 Å². The van der Waals surface area contributed by atoms with Gasteiger partial charge in [-0.2, -0.15) is 0 Å². The van der Waals surface area contributed by atoms with E-state index in [0.717, 1.165) is 6.07 Å². The van der Waals surface area contributed by atoms with E-state index in [-0.39, 0.29) is 22.8 Å². The van der Waals surface area contributed by atoms with Gasteiger partial charge in [-0.05, 0) is 35.9 Å². The lowest BCUT2D eigenvalue weighted by Gasteiger charge is -2.38. The zero-order chi connectivity index (χ0) is 22.7. The van der Waals surface area contributed by atoms with Crippen molar-refractivity contribution in [2.75, 3.05) is 0 Å². The van der Waals surface area contributed by atoms with Crippen molar-refractivity contribution in [1.82, 2.24) is 0 Å². The molecule has 31 heavy (non-hydrogen) atoms. The number of ether oxygens (including phenoxy) is 2. The number of rotatable bonds is 6. The first-order valence-corrected chi connectivity index (χ1v) is 9.11. The fraction of sp³-hybridized carbons (Fsp3) is 0.238. The fourth-order valence-corrected chi connectivity index (χ4v) is 2.93. The molecule has 5 atom stereocenters. The van der Waals surface area contributed by atoms with Crippen molar-refractivity contribution in [3.8, 4) is 17.2 Å². The predicted molar refractivity (Wildman–Crippen MR) is 105 cm³/mol. The molecule has 0 unspecified atom stereocenters. The van der Waals surface area contributed by atoms with E-state index in [2.05, 4.69) is 0 Å². The van der Waals surface area contributed by atoms with E-state index in [1.54, 1.807) is 12.1 Å². The third-order valence-electron chi connectivity index (χ3n) is 4.61. The van der Waals surface area contributed by atoms with Gasteiger partial charge in [0.15, 0.2) is 11.9 Å². The molecule has 0 radical (unpaired) electrons. The molecular formula is C21H20O10. The van der Waals surface area contributed by atoms with Gasteiger partial charge in [0.05, 0.1) is 5.56 Å². The molecule has 2 aromatic rings. The number of aromatic hydroxyl groups is 2. The second-order valence-electron chi connectivity index (χ2n) is 6.82. The third kappa shape index (κ3) is 5.01. The van der Waals surface area contributed by atoms with Crippen LogP contribution in [-0.4, -0.2) is 73.1 Å². The molecule has 1 fully saturated rings. The molecule has 0 bridgehead atoms. The van der Waals surface area contributed by atoms with Crippen molar-refractivity contribution >= 4 is 17.8 Å². The highest BCUT2D eigenvalue weighted by Gasteiger charge is 2.48. The summed E-state index contributed by atoms with van der Waals surface area (Å²) in [5, 5.41) is 58.0. The van der Waals surface area contributed by atoms with Crippen LogP contribution in [0.3, 0.4) is 0 Å². The fourth-order valence-electron chi connectivity index (χ4n) is 2.93. The first-order chi connectivity index (χ1) is 14.7. The van der Waals surface area contributed by atoms with Crippen LogP contribution >= 0.6 is 0 Å². The first-order valence-electron chi connectivity index (χ1n) is 9.11. The van der Waals surface area contributed by atoms with Gasteiger partial charge in [-0.15, -0.1) is 0 Å². The molecule has 2 aromatic carbocycles. The summed E-state index contributed by atoms with van der Waals surface area (Å²) in [7, 11) is 0. The largest absolute Gasteiger partial charge is 0.508 e. The van der Waals surface area contributed by atoms with Crippen molar-refractivity contribution in [3.05, 3.63) is 59.7 Å². The lowest BCUT2D eigenvalue weighted by molar-refractivity contribution is -0.271. The van der Waals surface area contributed by atoms with Gasteiger partial charge < -0.3 is 40.1 Å². The summed E-state index contributed by atoms with van der Waals surface area (Å²) >= 11 is 0. The number of carboxylic acid groups (broad SMARTS) is 1. The monoisotopic (exact) mass is 432 g/mol. The molecule has 0 aliphatic carbocycles. The first kappa shape index (κ1) is 22.2. The maximum Gasteiger partial charge on any atom is 0.335 e. The van der Waals surface area contributed by atoms with Crippen LogP contribution in [0, 0.1) is 0 Å². The number of benzene rings is 2. The highest BCUT2D eigenvalue weighted by Crippen LogP contribution is 2.30. The van der Waals surface area contributed by atoms with E-state index >= 15 is 0 Å². The van der Waals surface area contributed by atoms with E-state index in [0.29, 0.717) is 5.56 Å². The summed E-state index contributed by atoms with van der Waals surface area (Å²) in [6.07, 6.45) is -6.55. The molecule has 0 saturated carbocycles. The number of hydrogen-bond acceptors (Lipinski definition) is 9. The van der Waals surface area contributed by atoms with Gasteiger partial charge >= 0.3 is 5.97 Å². The van der Waals surface area contributed by atoms with Crippen LogP contribution in [-0.2, 0) is 9.53 Å². The van der Waals surface area contributed by atoms with Crippen molar-refractivity contribution in [1.29, 1.82) is 0 Å². The van der Waals surface area contributed by atoms with Crippen LogP contribution in [0.5, 0.6) is 17.2 Å². The number of allylic oxidation sites excluding steroid dienone is 1. The molecule has 3 rings (SSSR count). The van der Waals surface area contributed by atoms with Gasteiger partial charge in [0, 0.05) is 6.07 Å². The number of aliphatic hydroxyl groups is 3. The van der Waals surface area contributed by atoms with Crippen LogP contribution in [0.25, 0.3) is 6.08 Å². The Kier molecular flexibility index (Phi) is 6.56. The third-order valence-corrected chi connectivity index (χ3v) is 4.61. The number of phenolic OH excluding ortho intramolecular Hbond substituents is 2. The summed E-state index contributed by atoms with van der Waals surface area (Å²) < 4.78 is 10.5. The number of aliphatic carboxylic acids is 1. The van der Waals surface area contributed by atoms with Crippen LogP contribution in [0.2, 0.25) is 0 Å². The Morgan fingerprint density at radius 3 is 2.19 bits per heavy atom. The zero-order valence-electron chi connectivity index (χ0n) is 15.9. The Bertz CT molecular complexity index is 984. The summed E-state index contributed by atoms with van der Waals surface area (Å²) in [5.41, 5.74) is 0.580. The number of carbonyl (C=O) groups is 2. The van der Waals surface area contributed by atoms with Gasteiger partial charge in [0.1, 0.15) is 35.6 Å². The Morgan fingerprint density at radius 1 is 0.903 bits per heavy atom. The minimum absolute atomic E-state index is 0.0453. The molecule has 10 heteroatoms. The SMILES string of the molecule is O=C(/C=C/c1ccc(O)cc1)c1ccc(O)cc1O[C@@H]1O[C@H](C(=O)O)[C@@H](O)[C@H](O)[C@H]1O. The number of carboxylic acids is 1. The number of aliphatic hydroxyl groups excluding tert-OH is 3. The average Bonchev–Trinajstić information content (AvgIpc) is 2.73. The maximum absolute atomic E-state index is 12.6. The maximum atomic E-state index is 12.6. The topological polar surface area (TPSA) is 174 Å². The number of ketones is 1. The standard InChI is InChI=1S/C21H20O10/c22-11-4-1-10(2-5-11)3-8-14(24)13-7-6-12(23)9-15(13)30-21-18(27)16(25)17(26)19(31-21)20(28)29/h1-9,16-19,21-23,25-27H,(H,28,29)/b8-3+/t16-,17-,18+,19-,21+/m0/s1. The zero-order valence-corrected chi connectivity index (χ0v) is 15.9. The molecule has 0 amide bonds. The smallest absolute Gasteiger partial charge is 0.335 e. The summed E-state index contributed by atoms with van der Waals surface area (Å²) in [4.78, 5) is 23.9. The van der Waals surface area contributed by atoms with Crippen molar-refractivity contribution in [3.63, 3.8) is 0 Å². The van der Waals surface area contributed by atoms with E-state index in [1.807, 2.05) is 0 Å². The van der Waals surface area contributed by atoms with Gasteiger partial charge in [-0.1, -0.05) is 18.2 Å². The predicted octanol–water partition coefficient (Wildman–Crippen LogP) is 0.265. The normalized spacial score (nSPS) is 26.0. The Balaban J connectivity index is 1.84. The second kappa shape index (κ2) is 9.14. The molecule has 164 valence electrons. The Morgan fingerprint density at radius 2 is 1.55 bits per heavy atom. The molecule has 1 aliphatic rings. The lowest BCUT2D eigenvalue weighted by Crippen LogP contribution is -2.61. The van der Waals surface area contributed by atoms with E-state index in [4.69, 9.17) is 14.6 Å². The van der Waals surface area contributed by atoms with Crippen LogP contribution in [0.15, 0.2) is 48.5 Å². The van der Waals surface area contributed by atoms with E-state index in [1.165, 1.54) is 36.4 Å². The molecule has 6 N–H and O–H groups in total. The van der Waals surface area contributed by atoms with Gasteiger partial charge in [0.2, 0.25) is 6.29 Å². The van der Waals surface area contributed by atoms with E-state index in [9.17, 15) is 35.1 Å². The number of hydrogen-bond donors (Lipinski definition) is 6. The van der Waals surface area contributed by atoms with Gasteiger partial charge in [-0.3, -0.25) is 4.79 Å². The highest BCUT2D eigenvalue weighted by molar-refractivity contribution is 6.08. The molecule has 10 nitrogen and oxygen atoms in total. The highest BCUT2D eigenvalue weighted by atomic mass is 16.7. The summed E-state index contributed by atoms with van der Waals surface area (Å²) in [5.74, 6) is -2.59. The van der Waals surface area contributed by atoms with Crippen LogP contribution < -0.4 is 4.74 Å². The summed E-state index contributed by atoms with van der Waals surface area (Å²) in [6.45, 7) is 0. The number of carbonyl (C=O) groups excluding carboxylic acids is 1. The second-order valence-corrected chi connectivity index (χ2v) is 6.82. The Hall–Kier alpha value is -3.44. The molecule has 1 saturated heterocycles. The molecular weight excluding hydrogens is 412 g/mol. The minimum Gasteiger partial charge on any atom is -0.508 e. The molecule has 0 spiro atoms. The molecule has 0 aromatic heterocycles. The molecule has 1 aliphatic heterocycles. The van der Waals surface area contributed by atoms with Crippen molar-refractivity contribution in [2.45, 2.75) is 30.7 Å². The van der Waals surface area contributed by atoms with Gasteiger partial charge in [0.25, 0.3) is 0 Å². The van der Waals surface area contributed by atoms with E-state index < -0.39 is 42.5 Å². The lowest BCUT2D eigenvalue weighted by atomic mass is 9.99. The van der Waals surface area contributed by atoms with Crippen molar-refractivity contribution in [2.24, 2.45) is 0 Å². The minimum atomic E-state index is -1.90. The average molecular weight is 432 g/mol. The van der Waals surface area contributed by atoms with Crippen LogP contribution in [0.1, 0.15) is 15.9 Å². The summed E-state index contributed by atoms with van der Waals surface area (Å²) in [6, 6.07) is 9.59. The van der Waals surface area contributed by atoms with Gasteiger partial charge in [-0.25, -0.2) is 4.79 Å². The van der Waals surface area contributed by atoms with Crippen molar-refractivity contribution < 1.29 is 49.7 Å². The quantitative estimate of drug-likeness (QED) is 0.274. The Labute approximate surface area is 175 Å².